The van der Waals surface area contributed by atoms with Gasteiger partial charge in [0.25, 0.3) is 5.91 Å². The standard InChI is InChI=1S/C16H21N3O2/c1-11(20)13(16-18-10-14(19-16)15(17)21)9-5-8-12-6-3-2-4-7-12/h2-4,6-7,10-11,13,20H,5,8-9H2,1H3,(H2,17,21)(H,18,19)/t11-,13?/m0/s1. The molecule has 5 nitrogen and oxygen atoms in total. The fourth-order valence-electron chi connectivity index (χ4n) is 2.43. The van der Waals surface area contributed by atoms with E-state index < -0.39 is 12.0 Å². The van der Waals surface area contributed by atoms with Gasteiger partial charge in [0.1, 0.15) is 11.5 Å². The topological polar surface area (TPSA) is 92.0 Å². The second-order valence-electron chi connectivity index (χ2n) is 5.27. The van der Waals surface area contributed by atoms with Gasteiger partial charge in [-0.3, -0.25) is 4.79 Å². The van der Waals surface area contributed by atoms with Crippen molar-refractivity contribution < 1.29 is 9.90 Å². The van der Waals surface area contributed by atoms with E-state index in [2.05, 4.69) is 22.1 Å². The third kappa shape index (κ3) is 4.16. The van der Waals surface area contributed by atoms with Crippen LogP contribution in [0.15, 0.2) is 36.5 Å². The van der Waals surface area contributed by atoms with Crippen molar-refractivity contribution in [1.29, 1.82) is 0 Å². The lowest BCUT2D eigenvalue weighted by Crippen LogP contribution is -2.17. The minimum absolute atomic E-state index is 0.123. The molecule has 2 rings (SSSR count). The summed E-state index contributed by atoms with van der Waals surface area (Å²) in [6, 6.07) is 10.2. The van der Waals surface area contributed by atoms with Crippen LogP contribution in [0, 0.1) is 0 Å². The Kier molecular flexibility index (Phi) is 5.11. The molecule has 0 aliphatic rings. The molecule has 0 spiro atoms. The summed E-state index contributed by atoms with van der Waals surface area (Å²) in [5, 5.41) is 9.93. The lowest BCUT2D eigenvalue weighted by molar-refractivity contribution is 0.0995. The van der Waals surface area contributed by atoms with Gasteiger partial charge in [-0.15, -0.1) is 0 Å². The molecule has 1 aromatic carbocycles. The van der Waals surface area contributed by atoms with Crippen molar-refractivity contribution in [2.24, 2.45) is 5.73 Å². The number of primary amides is 1. The number of amides is 1. The summed E-state index contributed by atoms with van der Waals surface area (Å²) < 4.78 is 0. The van der Waals surface area contributed by atoms with E-state index in [1.54, 1.807) is 6.92 Å². The van der Waals surface area contributed by atoms with Gasteiger partial charge in [-0.05, 0) is 31.7 Å². The Morgan fingerprint density at radius 3 is 2.67 bits per heavy atom. The highest BCUT2D eigenvalue weighted by atomic mass is 16.3. The van der Waals surface area contributed by atoms with Crippen LogP contribution in [0.1, 0.15) is 47.6 Å². The first-order valence-corrected chi connectivity index (χ1v) is 7.14. The predicted octanol–water partition coefficient (Wildman–Crippen LogP) is 2.00. The fraction of sp³-hybridized carbons (Fsp3) is 0.375. The molecule has 112 valence electrons. The number of hydrogen-bond acceptors (Lipinski definition) is 3. The van der Waals surface area contributed by atoms with E-state index in [1.807, 2.05) is 18.2 Å². The number of nitrogens with zero attached hydrogens (tertiary/aromatic N) is 1. The Morgan fingerprint density at radius 2 is 2.10 bits per heavy atom. The summed E-state index contributed by atoms with van der Waals surface area (Å²) in [4.78, 5) is 18.2. The van der Waals surface area contributed by atoms with Crippen LogP contribution in [0.5, 0.6) is 0 Å². The number of carbonyl (C=O) groups is 1. The van der Waals surface area contributed by atoms with Crippen LogP contribution in [-0.2, 0) is 6.42 Å². The van der Waals surface area contributed by atoms with Crippen molar-refractivity contribution in [2.75, 3.05) is 0 Å². The number of rotatable bonds is 7. The lowest BCUT2D eigenvalue weighted by atomic mass is 9.94. The summed E-state index contributed by atoms with van der Waals surface area (Å²) in [6.45, 7) is 1.74. The first-order valence-electron chi connectivity index (χ1n) is 7.14. The molecule has 0 aliphatic heterocycles. The molecule has 0 saturated heterocycles. The maximum atomic E-state index is 11.1. The number of nitrogens with one attached hydrogen (secondary N) is 1. The molecule has 0 aliphatic carbocycles. The molecular weight excluding hydrogens is 266 g/mol. The molecule has 21 heavy (non-hydrogen) atoms. The van der Waals surface area contributed by atoms with Crippen LogP contribution in [0.3, 0.4) is 0 Å². The van der Waals surface area contributed by atoms with Crippen LogP contribution in [0.4, 0.5) is 0 Å². The second kappa shape index (κ2) is 7.04. The molecule has 2 aromatic rings. The molecule has 0 radical (unpaired) electrons. The Balaban J connectivity index is 1.97. The summed E-state index contributed by atoms with van der Waals surface area (Å²) >= 11 is 0. The molecule has 0 fully saturated rings. The van der Waals surface area contributed by atoms with Crippen LogP contribution >= 0.6 is 0 Å². The van der Waals surface area contributed by atoms with E-state index in [4.69, 9.17) is 5.73 Å². The van der Waals surface area contributed by atoms with Gasteiger partial charge in [0, 0.05) is 5.92 Å². The number of aromatic amines is 1. The summed E-state index contributed by atoms with van der Waals surface area (Å²) in [5.41, 5.74) is 6.76. The number of aromatic nitrogens is 2. The average Bonchev–Trinajstić information content (AvgIpc) is 2.94. The third-order valence-corrected chi connectivity index (χ3v) is 3.62. The Bertz CT molecular complexity index is 578. The van der Waals surface area contributed by atoms with E-state index in [-0.39, 0.29) is 11.6 Å². The normalized spacial score (nSPS) is 13.8. The largest absolute Gasteiger partial charge is 0.393 e. The minimum Gasteiger partial charge on any atom is -0.393 e. The number of H-pyrrole nitrogens is 1. The van der Waals surface area contributed by atoms with Gasteiger partial charge < -0.3 is 15.8 Å². The maximum Gasteiger partial charge on any atom is 0.266 e. The highest BCUT2D eigenvalue weighted by molar-refractivity contribution is 5.90. The molecule has 1 amide bonds. The van der Waals surface area contributed by atoms with Crippen molar-refractivity contribution >= 4 is 5.91 Å². The number of hydrogen-bond donors (Lipinski definition) is 3. The minimum atomic E-state index is -0.539. The Hall–Kier alpha value is -2.14. The Labute approximate surface area is 124 Å². The summed E-state index contributed by atoms with van der Waals surface area (Å²) in [5.74, 6) is -0.0453. The molecule has 1 aromatic heterocycles. The number of nitrogens with two attached hydrogens (primary N) is 1. The van der Waals surface area contributed by atoms with E-state index in [9.17, 15) is 9.90 Å². The van der Waals surface area contributed by atoms with Gasteiger partial charge in [0.2, 0.25) is 0 Å². The van der Waals surface area contributed by atoms with Crippen molar-refractivity contribution in [2.45, 2.75) is 38.2 Å². The van der Waals surface area contributed by atoms with E-state index >= 15 is 0 Å². The molecule has 4 N–H and O–H groups in total. The SMILES string of the molecule is C[C@H](O)C(CCCc1ccccc1)c1ncc(C(N)=O)[nH]1. The number of benzene rings is 1. The van der Waals surface area contributed by atoms with E-state index in [0.717, 1.165) is 19.3 Å². The maximum absolute atomic E-state index is 11.1. The zero-order chi connectivity index (χ0) is 15.2. The van der Waals surface area contributed by atoms with Gasteiger partial charge in [-0.2, -0.15) is 0 Å². The monoisotopic (exact) mass is 287 g/mol. The Morgan fingerprint density at radius 1 is 1.38 bits per heavy atom. The van der Waals surface area contributed by atoms with Crippen molar-refractivity contribution in [3.05, 3.63) is 53.6 Å². The quantitative estimate of drug-likeness (QED) is 0.727. The number of aryl methyl sites for hydroxylation is 1. The van der Waals surface area contributed by atoms with Gasteiger partial charge in [0.15, 0.2) is 0 Å². The first kappa shape index (κ1) is 15.3. The van der Waals surface area contributed by atoms with Crippen molar-refractivity contribution in [3.63, 3.8) is 0 Å². The van der Waals surface area contributed by atoms with E-state index in [0.29, 0.717) is 5.82 Å². The zero-order valence-electron chi connectivity index (χ0n) is 12.1. The van der Waals surface area contributed by atoms with E-state index in [1.165, 1.54) is 11.8 Å². The zero-order valence-corrected chi connectivity index (χ0v) is 12.1. The van der Waals surface area contributed by atoms with Gasteiger partial charge in [0.05, 0.1) is 12.3 Å². The molecule has 1 unspecified atom stereocenters. The second-order valence-corrected chi connectivity index (χ2v) is 5.27. The fourth-order valence-corrected chi connectivity index (χ4v) is 2.43. The van der Waals surface area contributed by atoms with Crippen molar-refractivity contribution in [3.8, 4) is 0 Å². The number of aliphatic hydroxyl groups is 1. The molecule has 0 saturated carbocycles. The number of imidazole rings is 1. The number of aliphatic hydroxyl groups excluding tert-OH is 1. The molecule has 5 heteroatoms. The number of carbonyl (C=O) groups excluding carboxylic acids is 1. The van der Waals surface area contributed by atoms with Crippen LogP contribution in [0.25, 0.3) is 0 Å². The van der Waals surface area contributed by atoms with Crippen molar-refractivity contribution in [1.82, 2.24) is 9.97 Å². The highest BCUT2D eigenvalue weighted by Crippen LogP contribution is 2.23. The molecule has 2 atom stereocenters. The van der Waals surface area contributed by atoms with Gasteiger partial charge in [-0.25, -0.2) is 4.98 Å². The molecule has 1 heterocycles. The molecular formula is C16H21N3O2. The third-order valence-electron chi connectivity index (χ3n) is 3.62. The lowest BCUT2D eigenvalue weighted by Gasteiger charge is -2.17. The summed E-state index contributed by atoms with van der Waals surface area (Å²) in [7, 11) is 0. The smallest absolute Gasteiger partial charge is 0.266 e. The van der Waals surface area contributed by atoms with Crippen LogP contribution in [-0.4, -0.2) is 27.1 Å². The molecule has 0 bridgehead atoms. The predicted molar refractivity (Wildman–Crippen MR) is 80.9 cm³/mol. The highest BCUT2D eigenvalue weighted by Gasteiger charge is 2.21. The van der Waals surface area contributed by atoms with Gasteiger partial charge >= 0.3 is 0 Å². The first-order chi connectivity index (χ1) is 10.1. The van der Waals surface area contributed by atoms with Crippen LogP contribution < -0.4 is 5.73 Å². The van der Waals surface area contributed by atoms with Crippen LogP contribution in [0.2, 0.25) is 0 Å². The van der Waals surface area contributed by atoms with Gasteiger partial charge in [-0.1, -0.05) is 30.3 Å². The average molecular weight is 287 g/mol. The summed E-state index contributed by atoms with van der Waals surface area (Å²) in [6.07, 6.45) is 3.56.